The van der Waals surface area contributed by atoms with Crippen LogP contribution in [0, 0.1) is 0 Å². The second-order valence-electron chi connectivity index (χ2n) is 5.25. The molecule has 1 fully saturated rings. The molecule has 1 saturated heterocycles. The highest BCUT2D eigenvalue weighted by Gasteiger charge is 2.19. The van der Waals surface area contributed by atoms with Gasteiger partial charge in [0.1, 0.15) is 4.47 Å². The molecule has 1 aliphatic rings. The number of aryl methyl sites for hydroxylation is 1. The van der Waals surface area contributed by atoms with Gasteiger partial charge in [-0.2, -0.15) is 5.10 Å². The largest absolute Gasteiger partial charge is 0.380 e. The molecule has 2 rings (SSSR count). The first kappa shape index (κ1) is 15.5. The summed E-state index contributed by atoms with van der Waals surface area (Å²) in [4.78, 5) is 14.6. The van der Waals surface area contributed by atoms with Crippen molar-refractivity contribution >= 4 is 21.6 Å². The fraction of sp³-hybridized carbons (Fsp3) is 0.714. The van der Waals surface area contributed by atoms with E-state index in [-0.39, 0.29) is 5.56 Å². The number of anilines is 1. The second kappa shape index (κ2) is 7.22. The molecular weight excluding hydrogens is 320 g/mol. The lowest BCUT2D eigenvalue weighted by Gasteiger charge is -2.32. The summed E-state index contributed by atoms with van der Waals surface area (Å²) in [6, 6.07) is 0.428. The predicted octanol–water partition coefficient (Wildman–Crippen LogP) is 2.31. The van der Waals surface area contributed by atoms with Crippen molar-refractivity contribution < 1.29 is 0 Å². The lowest BCUT2D eigenvalue weighted by Crippen LogP contribution is -2.39. The summed E-state index contributed by atoms with van der Waals surface area (Å²) in [6.07, 6.45) is 4.88. The molecule has 2 heterocycles. The summed E-state index contributed by atoms with van der Waals surface area (Å²) in [5.41, 5.74) is 0.764. The van der Waals surface area contributed by atoms with Crippen LogP contribution in [0.2, 0.25) is 0 Å². The number of hydrogen-bond donors (Lipinski definition) is 1. The minimum absolute atomic E-state index is 0.0529. The van der Waals surface area contributed by atoms with E-state index in [2.05, 4.69) is 38.2 Å². The number of aromatic nitrogens is 2. The van der Waals surface area contributed by atoms with Crippen molar-refractivity contribution in [2.75, 3.05) is 25.0 Å². The van der Waals surface area contributed by atoms with Gasteiger partial charge in [-0.05, 0) is 41.7 Å². The molecule has 20 heavy (non-hydrogen) atoms. The molecule has 0 unspecified atom stereocenters. The lowest BCUT2D eigenvalue weighted by molar-refractivity contribution is 0.229. The Morgan fingerprint density at radius 1 is 1.40 bits per heavy atom. The summed E-state index contributed by atoms with van der Waals surface area (Å²) in [7, 11) is 0. The Morgan fingerprint density at radius 2 is 2.10 bits per heavy atom. The molecule has 112 valence electrons. The molecule has 0 saturated carbocycles. The summed E-state index contributed by atoms with van der Waals surface area (Å²) >= 11 is 3.41. The summed E-state index contributed by atoms with van der Waals surface area (Å²) in [5.74, 6) is 0. The van der Waals surface area contributed by atoms with Crippen molar-refractivity contribution in [1.82, 2.24) is 14.7 Å². The highest BCUT2D eigenvalue weighted by atomic mass is 79.9. The third-order valence-electron chi connectivity index (χ3n) is 3.81. The van der Waals surface area contributed by atoms with Crippen LogP contribution in [-0.4, -0.2) is 40.4 Å². The van der Waals surface area contributed by atoms with Crippen LogP contribution in [0.1, 0.15) is 33.1 Å². The Balaban J connectivity index is 2.03. The fourth-order valence-electron chi connectivity index (χ4n) is 2.55. The Morgan fingerprint density at radius 3 is 2.70 bits per heavy atom. The SMILES string of the molecule is CCCn1ncc(NC2CCN(CC)CC2)c(Br)c1=O. The number of rotatable bonds is 5. The van der Waals surface area contributed by atoms with Crippen LogP contribution < -0.4 is 10.9 Å². The van der Waals surface area contributed by atoms with Crippen molar-refractivity contribution in [3.8, 4) is 0 Å². The molecule has 1 N–H and O–H groups in total. The van der Waals surface area contributed by atoms with E-state index < -0.39 is 0 Å². The number of hydrogen-bond acceptors (Lipinski definition) is 4. The summed E-state index contributed by atoms with van der Waals surface area (Å²) in [5, 5.41) is 7.68. The third-order valence-corrected chi connectivity index (χ3v) is 4.58. The van der Waals surface area contributed by atoms with Crippen LogP contribution in [0.3, 0.4) is 0 Å². The maximum absolute atomic E-state index is 12.1. The number of nitrogens with zero attached hydrogens (tertiary/aromatic N) is 3. The van der Waals surface area contributed by atoms with Crippen LogP contribution in [0.5, 0.6) is 0 Å². The smallest absolute Gasteiger partial charge is 0.283 e. The quantitative estimate of drug-likeness (QED) is 0.891. The Kier molecular flexibility index (Phi) is 5.60. The van der Waals surface area contributed by atoms with E-state index in [9.17, 15) is 4.79 Å². The maximum atomic E-state index is 12.1. The summed E-state index contributed by atoms with van der Waals surface area (Å²) < 4.78 is 2.11. The lowest BCUT2D eigenvalue weighted by atomic mass is 10.1. The van der Waals surface area contributed by atoms with Gasteiger partial charge in [-0.25, -0.2) is 4.68 Å². The van der Waals surface area contributed by atoms with Crippen molar-refractivity contribution in [2.24, 2.45) is 0 Å². The highest BCUT2D eigenvalue weighted by molar-refractivity contribution is 9.10. The molecule has 0 atom stereocenters. The van der Waals surface area contributed by atoms with Crippen LogP contribution in [0.15, 0.2) is 15.5 Å². The zero-order chi connectivity index (χ0) is 14.5. The first-order chi connectivity index (χ1) is 9.65. The molecule has 0 radical (unpaired) electrons. The molecule has 0 aliphatic carbocycles. The minimum atomic E-state index is -0.0529. The predicted molar refractivity (Wildman–Crippen MR) is 85.2 cm³/mol. The van der Waals surface area contributed by atoms with Crippen LogP contribution >= 0.6 is 15.9 Å². The standard InChI is InChI=1S/C14H23BrN4O/c1-3-7-19-14(20)13(15)12(10-16-19)17-11-5-8-18(4-2)9-6-11/h10-11,17H,3-9H2,1-2H3. The first-order valence-electron chi connectivity index (χ1n) is 7.40. The van der Waals surface area contributed by atoms with Crippen molar-refractivity contribution in [2.45, 2.75) is 45.7 Å². The highest BCUT2D eigenvalue weighted by Crippen LogP contribution is 2.21. The molecular formula is C14H23BrN4O. The molecule has 5 nitrogen and oxygen atoms in total. The first-order valence-corrected chi connectivity index (χ1v) is 8.19. The van der Waals surface area contributed by atoms with Crippen LogP contribution in [0.4, 0.5) is 5.69 Å². The molecule has 0 amide bonds. The molecule has 6 heteroatoms. The number of nitrogens with one attached hydrogen (secondary N) is 1. The van der Waals surface area contributed by atoms with Crippen LogP contribution in [0.25, 0.3) is 0 Å². The zero-order valence-electron chi connectivity index (χ0n) is 12.2. The Bertz CT molecular complexity index is 494. The van der Waals surface area contributed by atoms with Gasteiger partial charge >= 0.3 is 0 Å². The molecule has 0 aromatic carbocycles. The van der Waals surface area contributed by atoms with E-state index >= 15 is 0 Å². The Labute approximate surface area is 128 Å². The fourth-order valence-corrected chi connectivity index (χ4v) is 2.97. The van der Waals surface area contributed by atoms with Crippen LogP contribution in [-0.2, 0) is 6.54 Å². The zero-order valence-corrected chi connectivity index (χ0v) is 13.8. The monoisotopic (exact) mass is 342 g/mol. The topological polar surface area (TPSA) is 50.2 Å². The van der Waals surface area contributed by atoms with E-state index in [1.807, 2.05) is 6.92 Å². The van der Waals surface area contributed by atoms with Gasteiger partial charge in [0.05, 0.1) is 11.9 Å². The van der Waals surface area contributed by atoms with Gasteiger partial charge < -0.3 is 10.2 Å². The van der Waals surface area contributed by atoms with E-state index in [1.165, 1.54) is 4.68 Å². The van der Waals surface area contributed by atoms with Gasteiger partial charge in [0.15, 0.2) is 0 Å². The van der Waals surface area contributed by atoms with Crippen molar-refractivity contribution in [3.05, 3.63) is 21.0 Å². The molecule has 0 bridgehead atoms. The number of likely N-dealkylation sites (tertiary alicyclic amines) is 1. The average molecular weight is 343 g/mol. The van der Waals surface area contributed by atoms with Gasteiger partial charge in [0, 0.05) is 25.7 Å². The minimum Gasteiger partial charge on any atom is -0.380 e. The van der Waals surface area contributed by atoms with E-state index in [4.69, 9.17) is 0 Å². The summed E-state index contributed by atoms with van der Waals surface area (Å²) in [6.45, 7) is 8.24. The molecule has 1 aromatic rings. The Hall–Kier alpha value is -0.880. The molecule has 1 aliphatic heterocycles. The van der Waals surface area contributed by atoms with E-state index in [1.54, 1.807) is 6.20 Å². The normalized spacial score (nSPS) is 17.4. The van der Waals surface area contributed by atoms with Gasteiger partial charge in [-0.15, -0.1) is 0 Å². The van der Waals surface area contributed by atoms with Crippen molar-refractivity contribution in [3.63, 3.8) is 0 Å². The van der Waals surface area contributed by atoms with E-state index in [0.717, 1.165) is 44.6 Å². The second-order valence-corrected chi connectivity index (χ2v) is 6.05. The third kappa shape index (κ3) is 3.61. The number of piperidine rings is 1. The van der Waals surface area contributed by atoms with Crippen molar-refractivity contribution in [1.29, 1.82) is 0 Å². The maximum Gasteiger partial charge on any atom is 0.283 e. The van der Waals surface area contributed by atoms with E-state index in [0.29, 0.717) is 17.1 Å². The number of halogens is 1. The van der Waals surface area contributed by atoms with Gasteiger partial charge in [-0.1, -0.05) is 13.8 Å². The molecule has 0 spiro atoms. The van der Waals surface area contributed by atoms with Gasteiger partial charge in [0.25, 0.3) is 5.56 Å². The average Bonchev–Trinajstić information content (AvgIpc) is 2.48. The van der Waals surface area contributed by atoms with Gasteiger partial charge in [-0.3, -0.25) is 4.79 Å². The van der Waals surface area contributed by atoms with Gasteiger partial charge in [0.2, 0.25) is 0 Å². The molecule has 1 aromatic heterocycles.